The molecule has 0 radical (unpaired) electrons. The van der Waals surface area contributed by atoms with Crippen LogP contribution in [0.3, 0.4) is 0 Å². The summed E-state index contributed by atoms with van der Waals surface area (Å²) in [6.07, 6.45) is 1.13. The lowest BCUT2D eigenvalue weighted by atomic mass is 10.4. The molecule has 0 aromatic rings. The lowest BCUT2D eigenvalue weighted by Crippen LogP contribution is -2.33. The molecule has 0 atom stereocenters. The summed E-state index contributed by atoms with van der Waals surface area (Å²) in [6, 6.07) is 0. The van der Waals surface area contributed by atoms with Gasteiger partial charge in [-0.1, -0.05) is 6.58 Å². The van der Waals surface area contributed by atoms with Crippen LogP contribution >= 0.6 is 0 Å². The van der Waals surface area contributed by atoms with Gasteiger partial charge < -0.3 is 0 Å². The van der Waals surface area contributed by atoms with Crippen LogP contribution in [0.25, 0.3) is 0 Å². The largest absolute Gasteiger partial charge is 0.280 e. The molecule has 10 heavy (non-hydrogen) atoms. The van der Waals surface area contributed by atoms with Gasteiger partial charge in [0.1, 0.15) is 0 Å². The highest BCUT2D eigenvalue weighted by molar-refractivity contribution is 5.99. The third kappa shape index (κ3) is 2.01. The van der Waals surface area contributed by atoms with Crippen molar-refractivity contribution in [2.75, 3.05) is 6.54 Å². The molecule has 0 heterocycles. The number of carbonyl (C=O) groups excluding carboxylic acids is 2. The minimum atomic E-state index is -0.338. The van der Waals surface area contributed by atoms with E-state index in [0.717, 1.165) is 11.0 Å². The molecule has 0 fully saturated rings. The molecule has 0 saturated carbocycles. The Morgan fingerprint density at radius 2 is 2.10 bits per heavy atom. The minimum absolute atomic E-state index is 0.243. The smallest absolute Gasteiger partial charge is 0.252 e. The number of imide groups is 1. The van der Waals surface area contributed by atoms with Crippen molar-refractivity contribution in [1.29, 1.82) is 0 Å². The van der Waals surface area contributed by atoms with Gasteiger partial charge in [-0.25, -0.2) is 0 Å². The SMILES string of the molecule is C=CC(=O)N(CC)C(C)=O. The highest BCUT2D eigenvalue weighted by Gasteiger charge is 2.10. The molecule has 3 nitrogen and oxygen atoms in total. The van der Waals surface area contributed by atoms with E-state index in [2.05, 4.69) is 6.58 Å². The fourth-order valence-corrected chi connectivity index (χ4v) is 0.644. The molecule has 0 aromatic carbocycles. The second-order valence-corrected chi connectivity index (χ2v) is 1.81. The number of hydrogen-bond donors (Lipinski definition) is 0. The Morgan fingerprint density at radius 1 is 1.60 bits per heavy atom. The molecule has 2 amide bonds. The van der Waals surface area contributed by atoms with E-state index in [1.165, 1.54) is 6.92 Å². The summed E-state index contributed by atoms with van der Waals surface area (Å²) in [5.41, 5.74) is 0. The van der Waals surface area contributed by atoms with Crippen molar-refractivity contribution < 1.29 is 9.59 Å². The molecule has 0 aliphatic carbocycles. The van der Waals surface area contributed by atoms with Gasteiger partial charge in [0.2, 0.25) is 5.91 Å². The molecule has 56 valence electrons. The van der Waals surface area contributed by atoms with E-state index < -0.39 is 0 Å². The number of likely N-dealkylation sites (N-methyl/N-ethyl adjacent to an activating group) is 1. The summed E-state index contributed by atoms with van der Waals surface area (Å²) in [5, 5.41) is 0. The van der Waals surface area contributed by atoms with Crippen LogP contribution in [0.15, 0.2) is 12.7 Å². The maximum Gasteiger partial charge on any atom is 0.252 e. The molecule has 3 heteroatoms. The zero-order valence-corrected chi connectivity index (χ0v) is 6.26. The maximum atomic E-state index is 10.8. The zero-order chi connectivity index (χ0) is 8.15. The van der Waals surface area contributed by atoms with Crippen LogP contribution in [0.2, 0.25) is 0 Å². The third-order valence-corrected chi connectivity index (χ3v) is 1.14. The van der Waals surface area contributed by atoms with Crippen molar-refractivity contribution >= 4 is 11.8 Å². The summed E-state index contributed by atoms with van der Waals surface area (Å²) in [5.74, 6) is -0.581. The Labute approximate surface area is 60.3 Å². The Bertz CT molecular complexity index is 163. The fraction of sp³-hybridized carbons (Fsp3) is 0.429. The predicted molar refractivity (Wildman–Crippen MR) is 38.3 cm³/mol. The van der Waals surface area contributed by atoms with Crippen LogP contribution < -0.4 is 0 Å². The molecule has 0 aromatic heterocycles. The minimum Gasteiger partial charge on any atom is -0.280 e. The van der Waals surface area contributed by atoms with Crippen molar-refractivity contribution in [2.45, 2.75) is 13.8 Å². The normalized spacial score (nSPS) is 8.60. The lowest BCUT2D eigenvalue weighted by Gasteiger charge is -2.13. The van der Waals surface area contributed by atoms with Gasteiger partial charge in [-0.15, -0.1) is 0 Å². The second-order valence-electron chi connectivity index (χ2n) is 1.81. The molecule has 0 spiro atoms. The van der Waals surface area contributed by atoms with Gasteiger partial charge >= 0.3 is 0 Å². The molecule has 0 rings (SSSR count). The first-order valence-corrected chi connectivity index (χ1v) is 3.08. The van der Waals surface area contributed by atoms with Crippen LogP contribution in [0.4, 0.5) is 0 Å². The number of carbonyl (C=O) groups is 2. The highest BCUT2D eigenvalue weighted by atomic mass is 16.2. The van der Waals surface area contributed by atoms with E-state index in [-0.39, 0.29) is 11.8 Å². The summed E-state index contributed by atoms with van der Waals surface area (Å²) in [4.78, 5) is 22.5. The Hall–Kier alpha value is -1.12. The van der Waals surface area contributed by atoms with Crippen molar-refractivity contribution in [3.05, 3.63) is 12.7 Å². The quantitative estimate of drug-likeness (QED) is 0.527. The van der Waals surface area contributed by atoms with E-state index in [0.29, 0.717) is 6.54 Å². The van der Waals surface area contributed by atoms with Crippen LogP contribution in [0, 0.1) is 0 Å². The summed E-state index contributed by atoms with van der Waals surface area (Å²) >= 11 is 0. The molecule has 0 aliphatic rings. The highest BCUT2D eigenvalue weighted by Crippen LogP contribution is 1.90. The van der Waals surface area contributed by atoms with Gasteiger partial charge in [0.25, 0.3) is 5.91 Å². The van der Waals surface area contributed by atoms with E-state index >= 15 is 0 Å². The van der Waals surface area contributed by atoms with E-state index in [1.807, 2.05) is 0 Å². The van der Waals surface area contributed by atoms with Crippen LogP contribution in [0.5, 0.6) is 0 Å². The van der Waals surface area contributed by atoms with E-state index in [9.17, 15) is 9.59 Å². The molecular formula is C7H11NO2. The van der Waals surface area contributed by atoms with Crippen molar-refractivity contribution in [3.63, 3.8) is 0 Å². The Balaban J connectivity index is 4.20. The third-order valence-electron chi connectivity index (χ3n) is 1.14. The monoisotopic (exact) mass is 141 g/mol. The molecule has 0 unspecified atom stereocenters. The van der Waals surface area contributed by atoms with Gasteiger partial charge in [-0.3, -0.25) is 14.5 Å². The fourth-order valence-electron chi connectivity index (χ4n) is 0.644. The number of nitrogens with zero attached hydrogens (tertiary/aromatic N) is 1. The van der Waals surface area contributed by atoms with Crippen LogP contribution in [-0.2, 0) is 9.59 Å². The average Bonchev–Trinajstić information content (AvgIpc) is 1.88. The average molecular weight is 141 g/mol. The number of amides is 2. The Morgan fingerprint density at radius 3 is 2.20 bits per heavy atom. The molecule has 0 aliphatic heterocycles. The first-order chi connectivity index (χ1) is 4.63. The van der Waals surface area contributed by atoms with Gasteiger partial charge in [0, 0.05) is 13.5 Å². The molecule has 0 bridgehead atoms. The van der Waals surface area contributed by atoms with Gasteiger partial charge in [0.15, 0.2) is 0 Å². The van der Waals surface area contributed by atoms with Gasteiger partial charge in [0.05, 0.1) is 0 Å². The van der Waals surface area contributed by atoms with E-state index in [4.69, 9.17) is 0 Å². The maximum absolute atomic E-state index is 10.8. The summed E-state index contributed by atoms with van der Waals surface area (Å²) < 4.78 is 0. The van der Waals surface area contributed by atoms with Crippen LogP contribution in [0.1, 0.15) is 13.8 Å². The summed E-state index contributed by atoms with van der Waals surface area (Å²) in [7, 11) is 0. The van der Waals surface area contributed by atoms with Crippen molar-refractivity contribution in [1.82, 2.24) is 4.90 Å². The number of rotatable bonds is 2. The number of hydrogen-bond acceptors (Lipinski definition) is 2. The molecule has 0 saturated heterocycles. The second kappa shape index (κ2) is 3.82. The first-order valence-electron chi connectivity index (χ1n) is 3.08. The first kappa shape index (κ1) is 8.88. The topological polar surface area (TPSA) is 37.4 Å². The zero-order valence-electron chi connectivity index (χ0n) is 6.26. The standard InChI is InChI=1S/C7H11NO2/c1-4-7(10)8(5-2)6(3)9/h4H,1,5H2,2-3H3. The summed E-state index contributed by atoms with van der Waals surface area (Å²) in [6.45, 7) is 6.76. The molecular weight excluding hydrogens is 130 g/mol. The van der Waals surface area contributed by atoms with Gasteiger partial charge in [-0.05, 0) is 13.0 Å². The molecule has 0 N–H and O–H groups in total. The van der Waals surface area contributed by atoms with Crippen molar-refractivity contribution in [3.8, 4) is 0 Å². The predicted octanol–water partition coefficient (Wildman–Crippen LogP) is 0.567. The van der Waals surface area contributed by atoms with E-state index in [1.54, 1.807) is 6.92 Å². The Kier molecular flexibility index (Phi) is 3.39. The van der Waals surface area contributed by atoms with Crippen molar-refractivity contribution in [2.24, 2.45) is 0 Å². The van der Waals surface area contributed by atoms with Crippen LogP contribution in [-0.4, -0.2) is 23.3 Å². The lowest BCUT2D eigenvalue weighted by molar-refractivity contribution is -0.140. The van der Waals surface area contributed by atoms with Gasteiger partial charge in [-0.2, -0.15) is 0 Å².